The Morgan fingerprint density at radius 2 is 1.67 bits per heavy atom. The van der Waals surface area contributed by atoms with Crippen LogP contribution in [0.25, 0.3) is 0 Å². The van der Waals surface area contributed by atoms with Crippen molar-refractivity contribution >= 4 is 23.4 Å². The first-order valence-electron chi connectivity index (χ1n) is 8.76. The molecule has 1 aliphatic heterocycles. The number of benzene rings is 1. The van der Waals surface area contributed by atoms with E-state index in [0.717, 1.165) is 5.69 Å². The average molecular weight is 372 g/mol. The molecule has 1 fully saturated rings. The number of nitrogens with zero attached hydrogens (tertiary/aromatic N) is 3. The molecular formula is C19H21FN4O3. The van der Waals surface area contributed by atoms with Crippen LogP contribution in [-0.4, -0.2) is 59.6 Å². The van der Waals surface area contributed by atoms with E-state index in [-0.39, 0.29) is 17.8 Å². The van der Waals surface area contributed by atoms with Gasteiger partial charge in [0.05, 0.1) is 18.5 Å². The van der Waals surface area contributed by atoms with Gasteiger partial charge >= 0.3 is 6.09 Å². The number of anilines is 2. The highest BCUT2D eigenvalue weighted by atomic mass is 19.1. The van der Waals surface area contributed by atoms with E-state index >= 15 is 0 Å². The molecule has 0 aliphatic carbocycles. The van der Waals surface area contributed by atoms with Crippen molar-refractivity contribution in [2.45, 2.75) is 6.92 Å². The van der Waals surface area contributed by atoms with Crippen molar-refractivity contribution in [3.05, 3.63) is 54.1 Å². The monoisotopic (exact) mass is 372 g/mol. The van der Waals surface area contributed by atoms with Crippen LogP contribution in [0.4, 0.5) is 20.6 Å². The standard InChI is InChI=1S/C19H21FN4O3/c1-2-27-19(26)24-11-9-23(10-12-24)18(25)17-8-7-16(13-21-17)22-15-5-3-14(20)4-6-15/h3-8,13,22H,2,9-12H2,1H3. The fraction of sp³-hybridized carbons (Fsp3) is 0.316. The highest BCUT2D eigenvalue weighted by molar-refractivity contribution is 5.92. The fourth-order valence-electron chi connectivity index (χ4n) is 2.76. The summed E-state index contributed by atoms with van der Waals surface area (Å²) in [5.41, 5.74) is 1.77. The van der Waals surface area contributed by atoms with Crippen molar-refractivity contribution in [1.82, 2.24) is 14.8 Å². The molecule has 1 saturated heterocycles. The maximum absolute atomic E-state index is 12.9. The molecule has 0 unspecified atom stereocenters. The van der Waals surface area contributed by atoms with Gasteiger partial charge in [-0.05, 0) is 43.3 Å². The number of nitrogens with one attached hydrogen (secondary N) is 1. The molecule has 0 radical (unpaired) electrons. The Bertz CT molecular complexity index is 788. The van der Waals surface area contributed by atoms with E-state index < -0.39 is 0 Å². The second-order valence-electron chi connectivity index (χ2n) is 6.04. The van der Waals surface area contributed by atoms with Crippen LogP contribution in [0.5, 0.6) is 0 Å². The summed E-state index contributed by atoms with van der Waals surface area (Å²) in [5.74, 6) is -0.477. The third-order valence-electron chi connectivity index (χ3n) is 4.21. The van der Waals surface area contributed by atoms with Crippen molar-refractivity contribution < 1.29 is 18.7 Å². The number of halogens is 1. The van der Waals surface area contributed by atoms with Crippen molar-refractivity contribution in [2.24, 2.45) is 0 Å². The molecule has 3 rings (SSSR count). The number of ether oxygens (including phenoxy) is 1. The first-order chi connectivity index (χ1) is 13.1. The van der Waals surface area contributed by atoms with Crippen LogP contribution in [0.1, 0.15) is 17.4 Å². The number of rotatable bonds is 4. The molecule has 1 aliphatic rings. The summed E-state index contributed by atoms with van der Waals surface area (Å²) in [6.45, 7) is 3.85. The van der Waals surface area contributed by atoms with Crippen molar-refractivity contribution in [3.8, 4) is 0 Å². The summed E-state index contributed by atoms with van der Waals surface area (Å²) in [7, 11) is 0. The van der Waals surface area contributed by atoms with Gasteiger partial charge < -0.3 is 19.9 Å². The molecular weight excluding hydrogens is 351 g/mol. The van der Waals surface area contributed by atoms with Gasteiger partial charge in [0.1, 0.15) is 11.5 Å². The maximum atomic E-state index is 12.9. The first kappa shape index (κ1) is 18.6. The van der Waals surface area contributed by atoms with Crippen molar-refractivity contribution in [1.29, 1.82) is 0 Å². The van der Waals surface area contributed by atoms with Gasteiger partial charge in [-0.2, -0.15) is 0 Å². The number of hydrogen-bond donors (Lipinski definition) is 1. The van der Waals surface area contributed by atoms with E-state index in [9.17, 15) is 14.0 Å². The van der Waals surface area contributed by atoms with Gasteiger partial charge in [-0.3, -0.25) is 4.79 Å². The van der Waals surface area contributed by atoms with E-state index in [1.54, 1.807) is 47.2 Å². The van der Waals surface area contributed by atoms with Crippen LogP contribution in [0, 0.1) is 5.82 Å². The molecule has 2 heterocycles. The van der Waals surface area contributed by atoms with E-state index in [2.05, 4.69) is 10.3 Å². The van der Waals surface area contributed by atoms with Crippen LogP contribution < -0.4 is 5.32 Å². The lowest BCUT2D eigenvalue weighted by atomic mass is 10.2. The Morgan fingerprint density at radius 3 is 2.26 bits per heavy atom. The van der Waals surface area contributed by atoms with Crippen LogP contribution in [0.2, 0.25) is 0 Å². The summed E-state index contributed by atoms with van der Waals surface area (Å²) in [6, 6.07) is 9.37. The predicted molar refractivity (Wildman–Crippen MR) is 98.4 cm³/mol. The van der Waals surface area contributed by atoms with E-state index in [1.165, 1.54) is 12.1 Å². The molecule has 7 nitrogen and oxygen atoms in total. The lowest BCUT2D eigenvalue weighted by Crippen LogP contribution is -2.50. The first-order valence-corrected chi connectivity index (χ1v) is 8.76. The number of pyridine rings is 1. The van der Waals surface area contributed by atoms with E-state index in [1.807, 2.05) is 0 Å². The quantitative estimate of drug-likeness (QED) is 0.893. The number of aromatic nitrogens is 1. The molecule has 0 spiro atoms. The van der Waals surface area contributed by atoms with Gasteiger partial charge in [-0.1, -0.05) is 0 Å². The lowest BCUT2D eigenvalue weighted by molar-refractivity contribution is 0.0566. The van der Waals surface area contributed by atoms with Gasteiger partial charge in [0, 0.05) is 31.9 Å². The Morgan fingerprint density at radius 1 is 1.04 bits per heavy atom. The fourth-order valence-corrected chi connectivity index (χ4v) is 2.76. The Hall–Kier alpha value is -3.16. The Balaban J connectivity index is 1.56. The molecule has 1 N–H and O–H groups in total. The lowest BCUT2D eigenvalue weighted by Gasteiger charge is -2.33. The third-order valence-corrected chi connectivity index (χ3v) is 4.21. The summed E-state index contributed by atoms with van der Waals surface area (Å²) in [6.07, 6.45) is 1.21. The van der Waals surface area contributed by atoms with Crippen LogP contribution in [-0.2, 0) is 4.74 Å². The van der Waals surface area contributed by atoms with Crippen molar-refractivity contribution in [3.63, 3.8) is 0 Å². The Kier molecular flexibility index (Phi) is 5.85. The molecule has 142 valence electrons. The number of carbonyl (C=O) groups excluding carboxylic acids is 2. The van der Waals surface area contributed by atoms with Gasteiger partial charge in [-0.25, -0.2) is 14.2 Å². The molecule has 0 saturated carbocycles. The molecule has 1 aromatic carbocycles. The van der Waals surface area contributed by atoms with Gasteiger partial charge in [-0.15, -0.1) is 0 Å². The second-order valence-corrected chi connectivity index (χ2v) is 6.04. The number of hydrogen-bond acceptors (Lipinski definition) is 5. The summed E-state index contributed by atoms with van der Waals surface area (Å²) < 4.78 is 17.9. The minimum absolute atomic E-state index is 0.174. The largest absolute Gasteiger partial charge is 0.450 e. The van der Waals surface area contributed by atoms with Crippen LogP contribution >= 0.6 is 0 Å². The molecule has 2 amide bonds. The summed E-state index contributed by atoms with van der Waals surface area (Å²) in [4.78, 5) is 31.8. The smallest absolute Gasteiger partial charge is 0.409 e. The zero-order valence-electron chi connectivity index (χ0n) is 15.0. The molecule has 0 bridgehead atoms. The Labute approximate surface area is 156 Å². The second kappa shape index (κ2) is 8.48. The summed E-state index contributed by atoms with van der Waals surface area (Å²) in [5, 5.41) is 3.09. The number of carbonyl (C=O) groups is 2. The number of piperazine rings is 1. The summed E-state index contributed by atoms with van der Waals surface area (Å²) >= 11 is 0. The maximum Gasteiger partial charge on any atom is 0.409 e. The predicted octanol–water partition coefficient (Wildman–Crippen LogP) is 2.88. The number of amides is 2. The SMILES string of the molecule is CCOC(=O)N1CCN(C(=O)c2ccc(Nc3ccc(F)cc3)cn2)CC1. The average Bonchev–Trinajstić information content (AvgIpc) is 2.70. The normalized spacial score (nSPS) is 14.0. The van der Waals surface area contributed by atoms with Gasteiger partial charge in [0.25, 0.3) is 5.91 Å². The zero-order chi connectivity index (χ0) is 19.2. The highest BCUT2D eigenvalue weighted by Gasteiger charge is 2.26. The van der Waals surface area contributed by atoms with E-state index in [0.29, 0.717) is 44.2 Å². The van der Waals surface area contributed by atoms with Crippen LogP contribution in [0.15, 0.2) is 42.6 Å². The highest BCUT2D eigenvalue weighted by Crippen LogP contribution is 2.17. The van der Waals surface area contributed by atoms with Gasteiger partial charge in [0.15, 0.2) is 0 Å². The molecule has 0 atom stereocenters. The molecule has 2 aromatic rings. The molecule has 8 heteroatoms. The third kappa shape index (κ3) is 4.72. The van der Waals surface area contributed by atoms with Crippen molar-refractivity contribution in [2.75, 3.05) is 38.1 Å². The van der Waals surface area contributed by atoms with Gasteiger partial charge in [0.2, 0.25) is 0 Å². The molecule has 27 heavy (non-hydrogen) atoms. The minimum Gasteiger partial charge on any atom is -0.450 e. The van der Waals surface area contributed by atoms with E-state index in [4.69, 9.17) is 4.74 Å². The topological polar surface area (TPSA) is 74.8 Å². The minimum atomic E-state index is -0.348. The van der Waals surface area contributed by atoms with Crippen LogP contribution in [0.3, 0.4) is 0 Å². The molecule has 1 aromatic heterocycles. The zero-order valence-corrected chi connectivity index (χ0v) is 15.0.